The molecule has 5 heteroatoms. The van der Waals surface area contributed by atoms with Crippen molar-refractivity contribution in [3.05, 3.63) is 40.3 Å². The molecule has 2 rings (SSSR count). The average Bonchev–Trinajstić information content (AvgIpc) is 2.65. The van der Waals surface area contributed by atoms with Crippen molar-refractivity contribution in [2.24, 2.45) is 0 Å². The molecule has 0 bridgehead atoms. The molecule has 0 aliphatic carbocycles. The number of nitrogens with one attached hydrogen (secondary N) is 2. The summed E-state index contributed by atoms with van der Waals surface area (Å²) >= 11 is 5.87. The first-order chi connectivity index (χ1) is 8.13. The lowest BCUT2D eigenvalue weighted by atomic mass is 10.1. The Kier molecular flexibility index (Phi) is 3.45. The number of hydrogen-bond acceptors (Lipinski definition) is 2. The van der Waals surface area contributed by atoms with Crippen LogP contribution in [0.2, 0.25) is 5.02 Å². The molecule has 2 aromatic rings. The molecular formula is C12H13ClFN3. The van der Waals surface area contributed by atoms with E-state index in [4.69, 9.17) is 11.6 Å². The van der Waals surface area contributed by atoms with Gasteiger partial charge in [0.05, 0.1) is 11.4 Å². The largest absolute Gasteiger partial charge is 0.314 e. The van der Waals surface area contributed by atoms with Crippen molar-refractivity contribution in [1.82, 2.24) is 15.5 Å². The molecule has 0 spiro atoms. The minimum absolute atomic E-state index is 0.319. The van der Waals surface area contributed by atoms with E-state index >= 15 is 0 Å². The van der Waals surface area contributed by atoms with Crippen LogP contribution >= 0.6 is 11.6 Å². The quantitative estimate of drug-likeness (QED) is 0.883. The van der Waals surface area contributed by atoms with Crippen molar-refractivity contribution < 1.29 is 4.39 Å². The number of nitrogens with zero attached hydrogens (tertiary/aromatic N) is 1. The Morgan fingerprint density at radius 3 is 2.94 bits per heavy atom. The third-order valence-corrected chi connectivity index (χ3v) is 2.88. The number of halogens is 2. The highest BCUT2D eigenvalue weighted by atomic mass is 35.5. The van der Waals surface area contributed by atoms with Crippen LogP contribution in [0.1, 0.15) is 11.3 Å². The highest BCUT2D eigenvalue weighted by Gasteiger charge is 2.14. The molecule has 0 aliphatic heterocycles. The first-order valence-corrected chi connectivity index (χ1v) is 5.65. The van der Waals surface area contributed by atoms with Gasteiger partial charge in [-0.25, -0.2) is 4.39 Å². The lowest BCUT2D eigenvalue weighted by Crippen LogP contribution is -2.06. The minimum Gasteiger partial charge on any atom is -0.314 e. The van der Waals surface area contributed by atoms with Gasteiger partial charge in [-0.1, -0.05) is 11.6 Å². The second kappa shape index (κ2) is 4.85. The molecule has 90 valence electrons. The van der Waals surface area contributed by atoms with Crippen LogP contribution < -0.4 is 5.32 Å². The Morgan fingerprint density at radius 2 is 2.24 bits per heavy atom. The van der Waals surface area contributed by atoms with Crippen LogP contribution in [0.5, 0.6) is 0 Å². The summed E-state index contributed by atoms with van der Waals surface area (Å²) in [5.74, 6) is -0.319. The number of aromatic amines is 1. The number of benzene rings is 1. The molecule has 2 N–H and O–H groups in total. The smallest absolute Gasteiger partial charge is 0.132 e. The summed E-state index contributed by atoms with van der Waals surface area (Å²) in [6.45, 7) is 2.58. The fourth-order valence-corrected chi connectivity index (χ4v) is 1.90. The monoisotopic (exact) mass is 253 g/mol. The van der Waals surface area contributed by atoms with Crippen molar-refractivity contribution in [3.63, 3.8) is 0 Å². The Bertz CT molecular complexity index is 537. The molecule has 1 aromatic heterocycles. The lowest BCUT2D eigenvalue weighted by Gasteiger charge is -2.02. The van der Waals surface area contributed by atoms with Crippen LogP contribution in [0.3, 0.4) is 0 Å². The third kappa shape index (κ3) is 2.33. The van der Waals surface area contributed by atoms with Crippen LogP contribution in [0.15, 0.2) is 18.2 Å². The maximum absolute atomic E-state index is 13.7. The van der Waals surface area contributed by atoms with E-state index in [1.807, 2.05) is 14.0 Å². The molecule has 0 fully saturated rings. The van der Waals surface area contributed by atoms with E-state index in [0.717, 1.165) is 11.3 Å². The zero-order chi connectivity index (χ0) is 12.4. The zero-order valence-corrected chi connectivity index (χ0v) is 10.4. The van der Waals surface area contributed by atoms with Crippen molar-refractivity contribution in [3.8, 4) is 11.3 Å². The Hall–Kier alpha value is -1.39. The summed E-state index contributed by atoms with van der Waals surface area (Å²) < 4.78 is 13.7. The topological polar surface area (TPSA) is 40.7 Å². The van der Waals surface area contributed by atoms with Gasteiger partial charge in [-0.2, -0.15) is 5.10 Å². The van der Waals surface area contributed by atoms with E-state index in [-0.39, 0.29) is 5.82 Å². The lowest BCUT2D eigenvalue weighted by molar-refractivity contribution is 0.630. The summed E-state index contributed by atoms with van der Waals surface area (Å²) in [4.78, 5) is 0. The highest BCUT2D eigenvalue weighted by molar-refractivity contribution is 6.30. The second-order valence-electron chi connectivity index (χ2n) is 3.83. The van der Waals surface area contributed by atoms with Crippen molar-refractivity contribution in [2.45, 2.75) is 13.5 Å². The predicted octanol–water partition coefficient (Wildman–Crippen LogP) is 2.90. The van der Waals surface area contributed by atoms with Gasteiger partial charge in [0.25, 0.3) is 0 Å². The molecule has 0 unspecified atom stereocenters. The van der Waals surface area contributed by atoms with Crippen LogP contribution in [-0.2, 0) is 6.54 Å². The SMILES string of the molecule is CNCc1[nH]nc(-c2cc(Cl)ccc2F)c1C. The van der Waals surface area contributed by atoms with E-state index < -0.39 is 0 Å². The standard InChI is InChI=1S/C12H13ClFN3/c1-7-11(6-15-2)16-17-12(7)9-5-8(13)3-4-10(9)14/h3-5,15H,6H2,1-2H3,(H,16,17). The highest BCUT2D eigenvalue weighted by Crippen LogP contribution is 2.28. The van der Waals surface area contributed by atoms with Crippen LogP contribution in [0, 0.1) is 12.7 Å². The Labute approximate surface area is 104 Å². The van der Waals surface area contributed by atoms with Gasteiger partial charge in [-0.05, 0) is 37.7 Å². The van der Waals surface area contributed by atoms with Crippen LogP contribution in [0.4, 0.5) is 4.39 Å². The van der Waals surface area contributed by atoms with E-state index in [1.54, 1.807) is 6.07 Å². The number of hydrogen-bond donors (Lipinski definition) is 2. The summed E-state index contributed by atoms with van der Waals surface area (Å²) in [7, 11) is 1.85. The minimum atomic E-state index is -0.319. The maximum atomic E-state index is 13.7. The second-order valence-corrected chi connectivity index (χ2v) is 4.27. The van der Waals surface area contributed by atoms with E-state index in [0.29, 0.717) is 22.8 Å². The number of rotatable bonds is 3. The van der Waals surface area contributed by atoms with Crippen molar-refractivity contribution in [1.29, 1.82) is 0 Å². The van der Waals surface area contributed by atoms with Crippen LogP contribution in [-0.4, -0.2) is 17.2 Å². The van der Waals surface area contributed by atoms with E-state index in [9.17, 15) is 4.39 Å². The molecule has 0 aliphatic rings. The number of aromatic nitrogens is 2. The molecule has 0 atom stereocenters. The van der Waals surface area contributed by atoms with Gasteiger partial charge in [0.1, 0.15) is 5.82 Å². The average molecular weight is 254 g/mol. The molecule has 0 saturated carbocycles. The molecule has 3 nitrogen and oxygen atoms in total. The van der Waals surface area contributed by atoms with Gasteiger partial charge in [0, 0.05) is 17.1 Å². The fourth-order valence-electron chi connectivity index (χ4n) is 1.72. The van der Waals surface area contributed by atoms with Gasteiger partial charge in [-0.3, -0.25) is 5.10 Å². The Morgan fingerprint density at radius 1 is 1.47 bits per heavy atom. The zero-order valence-electron chi connectivity index (χ0n) is 9.64. The number of H-pyrrole nitrogens is 1. The van der Waals surface area contributed by atoms with E-state index in [1.165, 1.54) is 12.1 Å². The summed E-state index contributed by atoms with van der Waals surface area (Å²) in [5, 5.41) is 10.6. The van der Waals surface area contributed by atoms with E-state index in [2.05, 4.69) is 15.5 Å². The molecular weight excluding hydrogens is 241 g/mol. The fraction of sp³-hybridized carbons (Fsp3) is 0.250. The molecule has 0 amide bonds. The van der Waals surface area contributed by atoms with Crippen molar-refractivity contribution >= 4 is 11.6 Å². The van der Waals surface area contributed by atoms with Gasteiger partial charge in [-0.15, -0.1) is 0 Å². The molecule has 17 heavy (non-hydrogen) atoms. The molecule has 0 radical (unpaired) electrons. The summed E-state index contributed by atoms with van der Waals surface area (Å²) in [6, 6.07) is 4.46. The first kappa shape index (κ1) is 12.1. The predicted molar refractivity (Wildman–Crippen MR) is 66.5 cm³/mol. The Balaban J connectivity index is 2.49. The molecule has 0 saturated heterocycles. The van der Waals surface area contributed by atoms with Gasteiger partial charge < -0.3 is 5.32 Å². The maximum Gasteiger partial charge on any atom is 0.132 e. The van der Waals surface area contributed by atoms with Gasteiger partial charge in [0.2, 0.25) is 0 Å². The van der Waals surface area contributed by atoms with Gasteiger partial charge >= 0.3 is 0 Å². The molecule has 1 aromatic carbocycles. The normalized spacial score (nSPS) is 10.8. The summed E-state index contributed by atoms with van der Waals surface area (Å²) in [6.07, 6.45) is 0. The molecule has 1 heterocycles. The third-order valence-electron chi connectivity index (χ3n) is 2.65. The van der Waals surface area contributed by atoms with Crippen molar-refractivity contribution in [2.75, 3.05) is 7.05 Å². The van der Waals surface area contributed by atoms with Gasteiger partial charge in [0.15, 0.2) is 0 Å². The first-order valence-electron chi connectivity index (χ1n) is 5.27. The summed E-state index contributed by atoms with van der Waals surface area (Å²) in [5.41, 5.74) is 2.91. The van der Waals surface area contributed by atoms with Crippen LogP contribution in [0.25, 0.3) is 11.3 Å².